The Kier molecular flexibility index (Phi) is 13.0. The zero-order chi connectivity index (χ0) is 29.9. The standard InChI is InChI=1S/C20H24F2N6O2S2.C6H11N2O.CH3.Ni/c1-4-8-27(9-5-2)14-10-13(32(29,30)26-20(3)6-7-20)12-28-15(14)11-23-17(28)19-25-24-18(31-19)16(21)22;1-7(2)6-3-8(4-6)5-9;;/h4-5,10-12,16,26H,6-9H2,1-3H3;6H,3-4H2,1-2H3;1H3;/q-2;2*-1;. The van der Waals surface area contributed by atoms with Crippen molar-refractivity contribution < 1.29 is 38.5 Å². The van der Waals surface area contributed by atoms with Gasteiger partial charge in [-0.1, -0.05) is 11.3 Å². The molecule has 244 valence electrons. The Balaban J connectivity index is 0.000000505. The Labute approximate surface area is 267 Å². The molecule has 0 spiro atoms. The molecule has 11 nitrogen and oxygen atoms in total. The molecule has 16 heteroatoms. The monoisotopic (exact) mass is 682 g/mol. The van der Waals surface area contributed by atoms with Gasteiger partial charge in [-0.25, -0.2) is 26.9 Å². The van der Waals surface area contributed by atoms with Crippen LogP contribution in [0.25, 0.3) is 16.3 Å². The molecule has 5 rings (SSSR count). The number of imidazole rings is 1. The summed E-state index contributed by atoms with van der Waals surface area (Å²) in [5.41, 5.74) is 0.877. The number of likely N-dealkylation sites (N-methyl/N-ethyl adjacent to an activating group) is 1. The SMILES string of the molecule is CN(C)C1CN([C-]=O)C1.C[CH-]CN(C[CH-]C)c1cc(S(=O)(=O)NC2(C)CC2)cn2c(-c3nnc(C(F)F)s3)ncc12.[CH3-].[Ni]. The third-order valence-electron chi connectivity index (χ3n) is 6.97. The zero-order valence-corrected chi connectivity index (χ0v) is 27.6. The quantitative estimate of drug-likeness (QED) is 0.228. The van der Waals surface area contributed by atoms with Crippen LogP contribution in [0.2, 0.25) is 0 Å². The van der Waals surface area contributed by atoms with Crippen molar-refractivity contribution in [3.05, 3.63) is 43.7 Å². The van der Waals surface area contributed by atoms with Gasteiger partial charge < -0.3 is 39.8 Å². The molecule has 2 aliphatic rings. The van der Waals surface area contributed by atoms with E-state index < -0.39 is 27.0 Å². The number of aromatic nitrogens is 4. The second kappa shape index (κ2) is 15.2. The van der Waals surface area contributed by atoms with Gasteiger partial charge in [-0.05, 0) is 39.9 Å². The molecule has 0 unspecified atom stereocenters. The first kappa shape index (κ1) is 36.9. The first-order valence-corrected chi connectivity index (χ1v) is 15.5. The molecule has 3 aromatic rings. The number of fused-ring (bicyclic) bond motifs is 1. The van der Waals surface area contributed by atoms with Crippen molar-refractivity contribution >= 4 is 39.0 Å². The molecule has 0 aromatic carbocycles. The van der Waals surface area contributed by atoms with E-state index in [2.05, 4.69) is 24.8 Å². The Hall–Kier alpha value is -2.26. The minimum atomic E-state index is -3.82. The number of hydrogen-bond acceptors (Lipinski definition) is 9. The first-order chi connectivity index (χ1) is 19.4. The van der Waals surface area contributed by atoms with Gasteiger partial charge in [0.25, 0.3) is 6.43 Å². The maximum atomic E-state index is 13.2. The summed E-state index contributed by atoms with van der Waals surface area (Å²) in [6.45, 7) is 8.57. The van der Waals surface area contributed by atoms with Gasteiger partial charge in [-0.3, -0.25) is 4.40 Å². The molecule has 2 fully saturated rings. The van der Waals surface area contributed by atoms with Gasteiger partial charge in [0.15, 0.2) is 15.8 Å². The topological polar surface area (TPSA) is 116 Å². The summed E-state index contributed by atoms with van der Waals surface area (Å²) in [4.78, 5) is 20.2. The number of rotatable bonds is 12. The molecular weight excluding hydrogens is 645 g/mol. The normalized spacial score (nSPS) is 15.8. The predicted molar refractivity (Wildman–Crippen MR) is 160 cm³/mol. The fraction of sp³-hybridized carbons (Fsp3) is 0.519. The Morgan fingerprint density at radius 2 is 1.84 bits per heavy atom. The molecule has 1 aliphatic heterocycles. The zero-order valence-electron chi connectivity index (χ0n) is 25.0. The summed E-state index contributed by atoms with van der Waals surface area (Å²) in [5, 5.41) is 7.17. The molecule has 1 saturated heterocycles. The average molecular weight is 683 g/mol. The average Bonchev–Trinajstić information content (AvgIpc) is 3.26. The number of hydrogen-bond donors (Lipinski definition) is 1. The van der Waals surface area contributed by atoms with E-state index >= 15 is 0 Å². The fourth-order valence-electron chi connectivity index (χ4n) is 4.27. The molecule has 1 saturated carbocycles. The van der Waals surface area contributed by atoms with Gasteiger partial charge in [0, 0.05) is 47.4 Å². The molecule has 1 amide bonds. The Bertz CT molecular complexity index is 1450. The summed E-state index contributed by atoms with van der Waals surface area (Å²) >= 11 is 0.735. The van der Waals surface area contributed by atoms with E-state index in [4.69, 9.17) is 0 Å². The van der Waals surface area contributed by atoms with Crippen LogP contribution in [0.5, 0.6) is 0 Å². The molecule has 0 radical (unpaired) electrons. The third-order valence-corrected chi connectivity index (χ3v) is 9.50. The molecule has 43 heavy (non-hydrogen) atoms. The van der Waals surface area contributed by atoms with Crippen molar-refractivity contribution in [2.75, 3.05) is 45.2 Å². The number of halogens is 2. The van der Waals surface area contributed by atoms with Crippen molar-refractivity contribution in [2.24, 2.45) is 0 Å². The molecule has 4 heterocycles. The summed E-state index contributed by atoms with van der Waals surface area (Å²) in [7, 11) is 0.225. The maximum Gasteiger partial charge on any atom is 0.291 e. The van der Waals surface area contributed by atoms with Crippen molar-refractivity contribution in [1.82, 2.24) is 34.1 Å². The molecule has 0 bridgehead atoms. The number of sulfonamides is 1. The fourth-order valence-corrected chi connectivity index (χ4v) is 6.44. The number of nitrogens with one attached hydrogen (secondary N) is 1. The maximum absolute atomic E-state index is 13.2. The molecule has 3 aromatic heterocycles. The van der Waals surface area contributed by atoms with E-state index in [1.807, 2.05) is 59.0 Å². The van der Waals surface area contributed by atoms with Crippen molar-refractivity contribution in [3.63, 3.8) is 0 Å². The number of alkyl halides is 2. The van der Waals surface area contributed by atoms with Gasteiger partial charge in [-0.2, -0.15) is 20.3 Å². The van der Waals surface area contributed by atoms with Gasteiger partial charge in [0.2, 0.25) is 10.0 Å². The molecule has 1 aliphatic carbocycles. The molecule has 0 atom stereocenters. The van der Waals surface area contributed by atoms with Crippen LogP contribution in [0.4, 0.5) is 14.5 Å². The van der Waals surface area contributed by atoms with E-state index in [-0.39, 0.29) is 39.6 Å². The minimum Gasteiger partial charge on any atom is -0.520 e. The van der Waals surface area contributed by atoms with Crippen LogP contribution < -0.4 is 9.62 Å². The largest absolute Gasteiger partial charge is 0.520 e. The van der Waals surface area contributed by atoms with E-state index in [0.717, 1.165) is 37.3 Å². The number of amides is 1. The summed E-state index contributed by atoms with van der Waals surface area (Å²) in [6.07, 6.45) is 7.67. The second-order valence-corrected chi connectivity index (χ2v) is 13.3. The minimum absolute atomic E-state index is 0. The van der Waals surface area contributed by atoms with Crippen LogP contribution in [0.3, 0.4) is 0 Å². The first-order valence-electron chi connectivity index (χ1n) is 13.2. The Morgan fingerprint density at radius 1 is 1.21 bits per heavy atom. The van der Waals surface area contributed by atoms with E-state index in [1.165, 1.54) is 6.20 Å². The van der Waals surface area contributed by atoms with Crippen molar-refractivity contribution in [2.45, 2.75) is 56.5 Å². The molecule has 1 N–H and O–H groups in total. The van der Waals surface area contributed by atoms with Crippen LogP contribution in [-0.2, 0) is 31.3 Å². The number of anilines is 1. The van der Waals surface area contributed by atoms with E-state index in [0.29, 0.717) is 30.3 Å². The number of nitrogens with zero attached hydrogens (tertiary/aromatic N) is 7. The van der Waals surface area contributed by atoms with Crippen LogP contribution in [0.15, 0.2) is 23.4 Å². The van der Waals surface area contributed by atoms with Crippen LogP contribution in [-0.4, -0.2) is 96.1 Å². The Morgan fingerprint density at radius 3 is 2.33 bits per heavy atom. The van der Waals surface area contributed by atoms with Crippen LogP contribution in [0.1, 0.15) is 45.0 Å². The van der Waals surface area contributed by atoms with Gasteiger partial charge >= 0.3 is 0 Å². The third kappa shape index (κ3) is 8.68. The van der Waals surface area contributed by atoms with E-state index in [9.17, 15) is 22.0 Å². The second-order valence-electron chi connectivity index (χ2n) is 10.6. The number of pyridine rings is 1. The predicted octanol–water partition coefficient (Wildman–Crippen LogP) is 3.62. The summed E-state index contributed by atoms with van der Waals surface area (Å²) in [5.74, 6) is 0.265. The molecular formula is C27H38F2N8NiO3S2-4. The summed E-state index contributed by atoms with van der Waals surface area (Å²) < 4.78 is 56.8. The van der Waals surface area contributed by atoms with Crippen molar-refractivity contribution in [3.8, 4) is 10.8 Å². The van der Waals surface area contributed by atoms with Crippen molar-refractivity contribution in [1.29, 1.82) is 0 Å². The van der Waals surface area contributed by atoms with Crippen LogP contribution >= 0.6 is 11.3 Å². The van der Waals surface area contributed by atoms with Gasteiger partial charge in [0.05, 0.1) is 17.4 Å². The number of carbonyl (C=O) groups excluding carboxylic acids is 1. The van der Waals surface area contributed by atoms with Gasteiger partial charge in [0.1, 0.15) is 4.90 Å². The van der Waals surface area contributed by atoms with Gasteiger partial charge in [-0.15, -0.1) is 23.3 Å². The number of likely N-dealkylation sites (tertiary alicyclic amines) is 1. The van der Waals surface area contributed by atoms with Crippen LogP contribution in [0, 0.1) is 20.3 Å². The summed E-state index contributed by atoms with van der Waals surface area (Å²) in [6, 6.07) is 2.19. The van der Waals surface area contributed by atoms with E-state index in [1.54, 1.807) is 21.6 Å². The smallest absolute Gasteiger partial charge is 0.291 e.